The van der Waals surface area contributed by atoms with Crippen LogP contribution in [0.4, 0.5) is 5.82 Å². The molecule has 0 saturated carbocycles. The normalized spacial score (nSPS) is 9.18. The molecule has 1 rings (SSSR count). The summed E-state index contributed by atoms with van der Waals surface area (Å²) in [6.45, 7) is 7.03. The first-order valence-corrected chi connectivity index (χ1v) is 3.82. The molecule has 1 heterocycles. The topological polar surface area (TPSA) is 25.2 Å². The largest absolute Gasteiger partial charge is 0.245 e. The van der Waals surface area contributed by atoms with E-state index in [4.69, 9.17) is 0 Å². The van der Waals surface area contributed by atoms with Gasteiger partial charge >= 0.3 is 0 Å². The Kier molecular flexibility index (Phi) is 2.54. The molecule has 0 amide bonds. The lowest BCUT2D eigenvalue weighted by molar-refractivity contribution is 1.26. The minimum Gasteiger partial charge on any atom is -0.245 e. The molecule has 0 aromatic carbocycles. The van der Waals surface area contributed by atoms with Crippen LogP contribution in [0.1, 0.15) is 5.56 Å². The van der Waals surface area contributed by atoms with Gasteiger partial charge in [0.1, 0.15) is 0 Å². The van der Waals surface area contributed by atoms with E-state index in [-0.39, 0.29) is 0 Å². The van der Waals surface area contributed by atoms with Gasteiger partial charge in [-0.05, 0) is 28.7 Å². The van der Waals surface area contributed by atoms with Crippen LogP contribution in [0.2, 0.25) is 0 Å². The van der Waals surface area contributed by atoms with E-state index in [1.807, 2.05) is 6.07 Å². The van der Waals surface area contributed by atoms with E-state index >= 15 is 0 Å². The van der Waals surface area contributed by atoms with Crippen molar-refractivity contribution < 1.29 is 0 Å². The van der Waals surface area contributed by atoms with Gasteiger partial charge in [-0.1, -0.05) is 12.7 Å². The highest BCUT2D eigenvalue weighted by molar-refractivity contribution is 9.10. The van der Waals surface area contributed by atoms with Gasteiger partial charge in [0.25, 0.3) is 0 Å². The summed E-state index contributed by atoms with van der Waals surface area (Å²) in [6, 6.07) is 1.89. The molecule has 0 aliphatic heterocycles. The Morgan fingerprint density at radius 1 is 1.64 bits per heavy atom. The zero-order valence-electron chi connectivity index (χ0n) is 5.92. The molecular weight excluding hydrogens is 204 g/mol. The summed E-state index contributed by atoms with van der Waals surface area (Å²) >= 11 is 3.29. The number of hydrogen-bond donors (Lipinski definition) is 0. The fraction of sp³-hybridized carbons (Fsp3) is 0. The van der Waals surface area contributed by atoms with Crippen molar-refractivity contribution in [2.24, 2.45) is 4.99 Å². The predicted molar refractivity (Wildman–Crippen MR) is 51.2 cm³/mol. The van der Waals surface area contributed by atoms with Crippen molar-refractivity contribution in [2.45, 2.75) is 0 Å². The van der Waals surface area contributed by atoms with Crippen molar-refractivity contribution in [1.82, 2.24) is 4.98 Å². The van der Waals surface area contributed by atoms with E-state index in [1.54, 1.807) is 12.3 Å². The van der Waals surface area contributed by atoms with Crippen LogP contribution >= 0.6 is 15.9 Å². The van der Waals surface area contributed by atoms with E-state index in [1.165, 1.54) is 0 Å². The molecule has 56 valence electrons. The first kappa shape index (κ1) is 8.14. The standard InChI is InChI=1S/C8H7BrN2/c1-3-6-4-7(9)5-11-8(6)10-2/h3-5H,1-2H2. The monoisotopic (exact) mass is 210 g/mol. The lowest BCUT2D eigenvalue weighted by atomic mass is 10.2. The minimum atomic E-state index is 0.614. The van der Waals surface area contributed by atoms with Crippen LogP contribution in [-0.4, -0.2) is 11.7 Å². The second-order valence-corrected chi connectivity index (χ2v) is 2.84. The maximum Gasteiger partial charge on any atom is 0.158 e. The number of pyridine rings is 1. The maximum absolute atomic E-state index is 4.02. The van der Waals surface area contributed by atoms with Crippen LogP contribution in [0.3, 0.4) is 0 Å². The molecule has 0 aliphatic carbocycles. The SMILES string of the molecule is C=Cc1cc(Br)cnc1N=C. The van der Waals surface area contributed by atoms with Gasteiger partial charge in [0.05, 0.1) is 0 Å². The number of rotatable bonds is 2. The quantitative estimate of drug-likeness (QED) is 0.690. The molecule has 0 atom stereocenters. The molecule has 0 unspecified atom stereocenters. The molecule has 0 bridgehead atoms. The zero-order valence-corrected chi connectivity index (χ0v) is 7.50. The fourth-order valence-electron chi connectivity index (χ4n) is 0.730. The van der Waals surface area contributed by atoms with E-state index < -0.39 is 0 Å². The summed E-state index contributed by atoms with van der Waals surface area (Å²) in [5.74, 6) is 0.614. The van der Waals surface area contributed by atoms with Gasteiger partial charge < -0.3 is 0 Å². The number of nitrogens with zero attached hydrogens (tertiary/aromatic N) is 2. The average Bonchev–Trinajstić information content (AvgIpc) is 2.04. The van der Waals surface area contributed by atoms with Crippen molar-refractivity contribution in [3.05, 3.63) is 28.9 Å². The molecule has 0 fully saturated rings. The second-order valence-electron chi connectivity index (χ2n) is 1.93. The minimum absolute atomic E-state index is 0.614. The molecule has 0 saturated heterocycles. The number of aliphatic imine (C=N–C) groups is 1. The summed E-state index contributed by atoms with van der Waals surface area (Å²) < 4.78 is 0.916. The highest BCUT2D eigenvalue weighted by Gasteiger charge is 1.97. The molecule has 0 N–H and O–H groups in total. The molecule has 1 aromatic rings. The molecule has 2 nitrogen and oxygen atoms in total. The Morgan fingerprint density at radius 2 is 2.36 bits per heavy atom. The van der Waals surface area contributed by atoms with Crippen LogP contribution < -0.4 is 0 Å². The lowest BCUT2D eigenvalue weighted by Gasteiger charge is -1.97. The van der Waals surface area contributed by atoms with E-state index in [2.05, 4.69) is 39.2 Å². The molecule has 0 radical (unpaired) electrons. The van der Waals surface area contributed by atoms with Crippen LogP contribution in [-0.2, 0) is 0 Å². The van der Waals surface area contributed by atoms with Crippen molar-refractivity contribution in [3.8, 4) is 0 Å². The summed E-state index contributed by atoms with van der Waals surface area (Å²) in [7, 11) is 0. The van der Waals surface area contributed by atoms with E-state index in [9.17, 15) is 0 Å². The van der Waals surface area contributed by atoms with Gasteiger partial charge in [0, 0.05) is 16.2 Å². The third kappa shape index (κ3) is 1.74. The van der Waals surface area contributed by atoms with Gasteiger partial charge in [0.15, 0.2) is 5.82 Å². The van der Waals surface area contributed by atoms with E-state index in [0.717, 1.165) is 10.0 Å². The second kappa shape index (κ2) is 3.44. The summed E-state index contributed by atoms with van der Waals surface area (Å²) in [6.07, 6.45) is 3.37. The van der Waals surface area contributed by atoms with Crippen LogP contribution in [0.5, 0.6) is 0 Å². The molecule has 11 heavy (non-hydrogen) atoms. The Hall–Kier alpha value is -0.960. The Balaban J connectivity index is 3.26. The summed E-state index contributed by atoms with van der Waals surface area (Å²) in [4.78, 5) is 7.75. The third-order valence-electron chi connectivity index (χ3n) is 1.23. The number of halogens is 1. The molecule has 1 aromatic heterocycles. The first-order chi connectivity index (χ1) is 5.27. The average molecular weight is 211 g/mol. The highest BCUT2D eigenvalue weighted by atomic mass is 79.9. The van der Waals surface area contributed by atoms with Crippen molar-refractivity contribution in [1.29, 1.82) is 0 Å². The lowest BCUT2D eigenvalue weighted by Crippen LogP contribution is -1.79. The van der Waals surface area contributed by atoms with Crippen LogP contribution in [0.15, 0.2) is 28.3 Å². The molecule has 0 aliphatic rings. The Labute approximate surface area is 73.8 Å². The van der Waals surface area contributed by atoms with Crippen LogP contribution in [0.25, 0.3) is 6.08 Å². The van der Waals surface area contributed by atoms with E-state index in [0.29, 0.717) is 5.82 Å². The molecule has 0 spiro atoms. The van der Waals surface area contributed by atoms with Gasteiger partial charge in [-0.2, -0.15) is 0 Å². The van der Waals surface area contributed by atoms with Crippen molar-refractivity contribution in [3.63, 3.8) is 0 Å². The van der Waals surface area contributed by atoms with Gasteiger partial charge in [0.2, 0.25) is 0 Å². The smallest absolute Gasteiger partial charge is 0.158 e. The van der Waals surface area contributed by atoms with Gasteiger partial charge in [-0.3, -0.25) is 0 Å². The number of aromatic nitrogens is 1. The van der Waals surface area contributed by atoms with Crippen molar-refractivity contribution >= 4 is 34.5 Å². The highest BCUT2D eigenvalue weighted by Crippen LogP contribution is 2.20. The predicted octanol–water partition coefficient (Wildman–Crippen LogP) is 2.82. The summed E-state index contributed by atoms with van der Waals surface area (Å²) in [5, 5.41) is 0. The zero-order chi connectivity index (χ0) is 8.27. The maximum atomic E-state index is 4.02. The summed E-state index contributed by atoms with van der Waals surface area (Å²) in [5.41, 5.74) is 0.884. The third-order valence-corrected chi connectivity index (χ3v) is 1.67. The molecule has 3 heteroatoms. The fourth-order valence-corrected chi connectivity index (χ4v) is 1.08. The number of hydrogen-bond acceptors (Lipinski definition) is 2. The Morgan fingerprint density at radius 3 is 2.91 bits per heavy atom. The van der Waals surface area contributed by atoms with Gasteiger partial charge in [-0.25, -0.2) is 9.98 Å². The van der Waals surface area contributed by atoms with Crippen molar-refractivity contribution in [2.75, 3.05) is 0 Å². The first-order valence-electron chi connectivity index (χ1n) is 3.02. The van der Waals surface area contributed by atoms with Gasteiger partial charge in [-0.15, -0.1) is 0 Å². The Bertz CT molecular complexity index is 294. The molecular formula is C8H7BrN2. The van der Waals surface area contributed by atoms with Crippen LogP contribution in [0, 0.1) is 0 Å².